The fourth-order valence-corrected chi connectivity index (χ4v) is 3.44. The van der Waals surface area contributed by atoms with Crippen molar-refractivity contribution in [1.82, 2.24) is 4.98 Å². The van der Waals surface area contributed by atoms with Crippen LogP contribution in [-0.4, -0.2) is 22.8 Å². The zero-order valence-electron chi connectivity index (χ0n) is 12.7. The van der Waals surface area contributed by atoms with Crippen LogP contribution in [-0.2, 0) is 0 Å². The van der Waals surface area contributed by atoms with Crippen molar-refractivity contribution < 1.29 is 0 Å². The molecule has 19 heavy (non-hydrogen) atoms. The maximum absolute atomic E-state index is 4.83. The molecule has 1 aliphatic rings. The van der Waals surface area contributed by atoms with E-state index in [0.29, 0.717) is 0 Å². The molecule has 0 atom stereocenters. The first kappa shape index (κ1) is 14.7. The first-order valence-electron chi connectivity index (χ1n) is 7.37. The Balaban J connectivity index is 2.13. The summed E-state index contributed by atoms with van der Waals surface area (Å²) in [5.41, 5.74) is 1.17. The Bertz CT molecular complexity index is 415. The highest BCUT2D eigenvalue weighted by Gasteiger charge is 2.16. The van der Waals surface area contributed by atoms with Gasteiger partial charge in [-0.15, -0.1) is 11.8 Å². The summed E-state index contributed by atoms with van der Waals surface area (Å²) in [5.74, 6) is 1.16. The quantitative estimate of drug-likeness (QED) is 0.732. The molecule has 0 N–H and O–H groups in total. The van der Waals surface area contributed by atoms with E-state index in [1.165, 1.54) is 36.3 Å². The number of aryl methyl sites for hydroxylation is 1. The molecule has 1 aliphatic heterocycles. The maximum atomic E-state index is 4.83. The SMILES string of the molecule is Cc1nc(N2CCCCCC2)ccc1SC(C)(C)C. The van der Waals surface area contributed by atoms with Crippen LogP contribution in [0.4, 0.5) is 5.82 Å². The molecule has 2 rings (SSSR count). The Morgan fingerprint density at radius 3 is 2.21 bits per heavy atom. The third kappa shape index (κ3) is 4.41. The molecule has 0 aromatic carbocycles. The molecule has 0 amide bonds. The van der Waals surface area contributed by atoms with E-state index >= 15 is 0 Å². The second kappa shape index (κ2) is 6.17. The van der Waals surface area contributed by atoms with Crippen molar-refractivity contribution in [2.24, 2.45) is 0 Å². The second-order valence-corrected chi connectivity index (χ2v) is 8.24. The van der Waals surface area contributed by atoms with Crippen molar-refractivity contribution in [1.29, 1.82) is 0 Å². The molecule has 0 aliphatic carbocycles. The van der Waals surface area contributed by atoms with Crippen LogP contribution in [0.25, 0.3) is 0 Å². The maximum Gasteiger partial charge on any atom is 0.128 e. The van der Waals surface area contributed by atoms with E-state index in [2.05, 4.69) is 44.7 Å². The number of thioether (sulfide) groups is 1. The average Bonchev–Trinajstić information content (AvgIpc) is 2.59. The highest BCUT2D eigenvalue weighted by Crippen LogP contribution is 2.34. The lowest BCUT2D eigenvalue weighted by molar-refractivity contribution is 0.726. The predicted octanol–water partition coefficient (Wildman–Crippen LogP) is 4.66. The molecule has 1 saturated heterocycles. The van der Waals surface area contributed by atoms with Gasteiger partial charge in [-0.3, -0.25) is 0 Å². The van der Waals surface area contributed by atoms with E-state index in [0.717, 1.165) is 18.9 Å². The monoisotopic (exact) mass is 278 g/mol. The first-order valence-corrected chi connectivity index (χ1v) is 8.19. The molecule has 0 radical (unpaired) electrons. The Morgan fingerprint density at radius 2 is 1.68 bits per heavy atom. The highest BCUT2D eigenvalue weighted by molar-refractivity contribution is 8.00. The first-order chi connectivity index (χ1) is 8.96. The molecule has 2 nitrogen and oxygen atoms in total. The molecule has 106 valence electrons. The molecular weight excluding hydrogens is 252 g/mol. The number of anilines is 1. The van der Waals surface area contributed by atoms with Gasteiger partial charge in [-0.2, -0.15) is 0 Å². The summed E-state index contributed by atoms with van der Waals surface area (Å²) in [5, 5.41) is 0. The standard InChI is InChI=1S/C16H26N2S/c1-13-14(19-16(2,3)4)9-10-15(17-13)18-11-7-5-6-8-12-18/h9-10H,5-8,11-12H2,1-4H3. The van der Waals surface area contributed by atoms with Gasteiger partial charge in [0, 0.05) is 22.7 Å². The van der Waals surface area contributed by atoms with Crippen LogP contribution in [0, 0.1) is 6.92 Å². The van der Waals surface area contributed by atoms with Gasteiger partial charge in [-0.05, 0) is 31.9 Å². The van der Waals surface area contributed by atoms with Crippen molar-refractivity contribution in [3.63, 3.8) is 0 Å². The number of rotatable bonds is 2. The Morgan fingerprint density at radius 1 is 1.05 bits per heavy atom. The third-order valence-electron chi connectivity index (χ3n) is 3.37. The molecule has 0 bridgehead atoms. The zero-order chi connectivity index (χ0) is 13.9. The smallest absolute Gasteiger partial charge is 0.128 e. The summed E-state index contributed by atoms with van der Waals surface area (Å²) in [4.78, 5) is 8.59. The van der Waals surface area contributed by atoms with E-state index in [1.807, 2.05) is 11.8 Å². The van der Waals surface area contributed by atoms with Crippen molar-refractivity contribution in [3.05, 3.63) is 17.8 Å². The van der Waals surface area contributed by atoms with Gasteiger partial charge in [0.2, 0.25) is 0 Å². The van der Waals surface area contributed by atoms with Crippen LogP contribution in [0.3, 0.4) is 0 Å². The van der Waals surface area contributed by atoms with Gasteiger partial charge in [0.25, 0.3) is 0 Å². The topological polar surface area (TPSA) is 16.1 Å². The zero-order valence-corrected chi connectivity index (χ0v) is 13.5. The van der Waals surface area contributed by atoms with Crippen LogP contribution in [0.15, 0.2) is 17.0 Å². The predicted molar refractivity (Wildman–Crippen MR) is 85.3 cm³/mol. The average molecular weight is 278 g/mol. The molecule has 0 unspecified atom stereocenters. The number of aromatic nitrogens is 1. The lowest BCUT2D eigenvalue weighted by Crippen LogP contribution is -2.25. The van der Waals surface area contributed by atoms with E-state index in [4.69, 9.17) is 4.98 Å². The lowest BCUT2D eigenvalue weighted by atomic mass is 10.2. The van der Waals surface area contributed by atoms with Gasteiger partial charge < -0.3 is 4.90 Å². The number of hydrogen-bond acceptors (Lipinski definition) is 3. The fourth-order valence-electron chi connectivity index (χ4n) is 2.45. The van der Waals surface area contributed by atoms with Crippen LogP contribution in [0.5, 0.6) is 0 Å². The van der Waals surface area contributed by atoms with Crippen molar-refractivity contribution in [2.45, 2.75) is 63.0 Å². The molecule has 2 heterocycles. The molecule has 1 fully saturated rings. The van der Waals surface area contributed by atoms with Gasteiger partial charge in [-0.25, -0.2) is 4.98 Å². The normalized spacial score (nSPS) is 17.4. The number of pyridine rings is 1. The molecule has 1 aromatic heterocycles. The van der Waals surface area contributed by atoms with E-state index < -0.39 is 0 Å². The van der Waals surface area contributed by atoms with Crippen molar-refractivity contribution in [3.8, 4) is 0 Å². The minimum Gasteiger partial charge on any atom is -0.357 e. The van der Waals surface area contributed by atoms with Gasteiger partial charge >= 0.3 is 0 Å². The lowest BCUT2D eigenvalue weighted by Gasteiger charge is -2.23. The van der Waals surface area contributed by atoms with Crippen molar-refractivity contribution in [2.75, 3.05) is 18.0 Å². The molecule has 0 spiro atoms. The minimum absolute atomic E-state index is 0.247. The summed E-state index contributed by atoms with van der Waals surface area (Å²) in [6.07, 6.45) is 5.35. The Kier molecular flexibility index (Phi) is 4.77. The Hall–Kier alpha value is -0.700. The van der Waals surface area contributed by atoms with Crippen LogP contribution >= 0.6 is 11.8 Å². The van der Waals surface area contributed by atoms with Gasteiger partial charge in [0.1, 0.15) is 5.82 Å². The van der Waals surface area contributed by atoms with E-state index in [9.17, 15) is 0 Å². The van der Waals surface area contributed by atoms with Gasteiger partial charge in [0.15, 0.2) is 0 Å². The summed E-state index contributed by atoms with van der Waals surface area (Å²) in [7, 11) is 0. The van der Waals surface area contributed by atoms with Crippen LogP contribution in [0.1, 0.15) is 52.1 Å². The molecule has 1 aromatic rings. The number of nitrogens with zero attached hydrogens (tertiary/aromatic N) is 2. The van der Waals surface area contributed by atoms with Gasteiger partial charge in [0.05, 0.1) is 5.69 Å². The fraction of sp³-hybridized carbons (Fsp3) is 0.688. The van der Waals surface area contributed by atoms with E-state index in [-0.39, 0.29) is 4.75 Å². The van der Waals surface area contributed by atoms with Crippen molar-refractivity contribution >= 4 is 17.6 Å². The largest absolute Gasteiger partial charge is 0.357 e. The molecule has 0 saturated carbocycles. The molecular formula is C16H26N2S. The minimum atomic E-state index is 0.247. The highest BCUT2D eigenvalue weighted by atomic mass is 32.2. The Labute approximate surface area is 122 Å². The van der Waals surface area contributed by atoms with E-state index in [1.54, 1.807) is 0 Å². The summed E-state index contributed by atoms with van der Waals surface area (Å²) in [6, 6.07) is 4.45. The third-order valence-corrected chi connectivity index (χ3v) is 4.63. The van der Waals surface area contributed by atoms with Crippen LogP contribution < -0.4 is 4.90 Å². The number of hydrogen-bond donors (Lipinski definition) is 0. The summed E-state index contributed by atoms with van der Waals surface area (Å²) >= 11 is 1.91. The second-order valence-electron chi connectivity index (χ2n) is 6.37. The van der Waals surface area contributed by atoms with Gasteiger partial charge in [-0.1, -0.05) is 33.6 Å². The summed E-state index contributed by atoms with van der Waals surface area (Å²) < 4.78 is 0.247. The summed E-state index contributed by atoms with van der Waals surface area (Å²) in [6.45, 7) is 11.2. The van der Waals surface area contributed by atoms with Crippen LogP contribution in [0.2, 0.25) is 0 Å². The molecule has 3 heteroatoms.